The number of hydrogen-bond donors (Lipinski definition) is 1. The van der Waals surface area contributed by atoms with Crippen LogP contribution in [-0.4, -0.2) is 4.98 Å². The Bertz CT molecular complexity index is 871. The van der Waals surface area contributed by atoms with Crippen molar-refractivity contribution in [1.82, 2.24) is 4.98 Å². The number of halogens is 2. The maximum atomic E-state index is 13.7. The number of fused-ring (bicyclic) bond motifs is 1. The lowest BCUT2D eigenvalue weighted by Crippen LogP contribution is -1.98. The molecule has 0 radical (unpaired) electrons. The van der Waals surface area contributed by atoms with Gasteiger partial charge in [0.1, 0.15) is 11.6 Å². The highest BCUT2D eigenvalue weighted by Crippen LogP contribution is 2.25. The van der Waals surface area contributed by atoms with Crippen LogP contribution < -0.4 is 5.32 Å². The third-order valence-electron chi connectivity index (χ3n) is 3.03. The van der Waals surface area contributed by atoms with Gasteiger partial charge in [-0.1, -0.05) is 29.8 Å². The second-order valence-electron chi connectivity index (χ2n) is 4.43. The van der Waals surface area contributed by atoms with E-state index >= 15 is 0 Å². The van der Waals surface area contributed by atoms with Crippen molar-refractivity contribution >= 4 is 34.0 Å². The molecule has 5 heteroatoms. The summed E-state index contributed by atoms with van der Waals surface area (Å²) in [7, 11) is 0. The summed E-state index contributed by atoms with van der Waals surface area (Å²) in [5.74, 6) is -0.0423. The van der Waals surface area contributed by atoms with E-state index in [1.54, 1.807) is 12.1 Å². The van der Waals surface area contributed by atoms with Crippen LogP contribution in [0.5, 0.6) is 0 Å². The van der Waals surface area contributed by atoms with Crippen molar-refractivity contribution in [2.75, 3.05) is 5.32 Å². The summed E-state index contributed by atoms with van der Waals surface area (Å²) in [6, 6.07) is 15.2. The van der Waals surface area contributed by atoms with Crippen molar-refractivity contribution in [2.45, 2.75) is 0 Å². The summed E-state index contributed by atoms with van der Waals surface area (Å²) in [5.41, 5.74) is 1.36. The Morgan fingerprint density at radius 3 is 2.76 bits per heavy atom. The minimum Gasteiger partial charge on any atom is -0.338 e. The minimum absolute atomic E-state index is 0.217. The Morgan fingerprint density at radius 1 is 1.14 bits per heavy atom. The first-order valence-electron chi connectivity index (χ1n) is 6.19. The van der Waals surface area contributed by atoms with Gasteiger partial charge in [-0.25, -0.2) is 9.37 Å². The molecular formula is C16H9ClFN3. The van der Waals surface area contributed by atoms with Gasteiger partial charge in [0.05, 0.1) is 22.8 Å². The average molecular weight is 298 g/mol. The summed E-state index contributed by atoms with van der Waals surface area (Å²) in [6.45, 7) is 0. The number of aromatic nitrogens is 1. The van der Waals surface area contributed by atoms with Gasteiger partial charge in [0.2, 0.25) is 0 Å². The van der Waals surface area contributed by atoms with Crippen LogP contribution in [-0.2, 0) is 0 Å². The summed E-state index contributed by atoms with van der Waals surface area (Å²) in [4.78, 5) is 4.38. The van der Waals surface area contributed by atoms with Gasteiger partial charge in [0, 0.05) is 10.4 Å². The molecule has 0 saturated heterocycles. The zero-order chi connectivity index (χ0) is 14.8. The van der Waals surface area contributed by atoms with E-state index in [1.807, 2.05) is 18.2 Å². The topological polar surface area (TPSA) is 48.7 Å². The van der Waals surface area contributed by atoms with Crippen LogP contribution in [0.15, 0.2) is 48.5 Å². The number of nitriles is 1. The first kappa shape index (κ1) is 13.3. The lowest BCUT2D eigenvalue weighted by atomic mass is 10.1. The Morgan fingerprint density at radius 2 is 1.95 bits per heavy atom. The lowest BCUT2D eigenvalue weighted by Gasteiger charge is -2.09. The molecule has 1 aromatic heterocycles. The zero-order valence-electron chi connectivity index (χ0n) is 10.8. The molecule has 0 bridgehead atoms. The molecule has 1 heterocycles. The van der Waals surface area contributed by atoms with E-state index in [0.717, 1.165) is 5.39 Å². The zero-order valence-corrected chi connectivity index (χ0v) is 11.5. The van der Waals surface area contributed by atoms with Gasteiger partial charge in [-0.2, -0.15) is 5.26 Å². The van der Waals surface area contributed by atoms with Gasteiger partial charge in [-0.15, -0.1) is 0 Å². The van der Waals surface area contributed by atoms with Crippen molar-refractivity contribution in [1.29, 1.82) is 5.26 Å². The molecule has 0 aliphatic rings. The molecule has 3 nitrogen and oxygen atoms in total. The van der Waals surface area contributed by atoms with Gasteiger partial charge in [-0.3, -0.25) is 0 Å². The molecule has 0 aliphatic heterocycles. The van der Waals surface area contributed by atoms with Crippen molar-refractivity contribution in [3.8, 4) is 6.07 Å². The molecule has 0 fully saturated rings. The summed E-state index contributed by atoms with van der Waals surface area (Å²) < 4.78 is 13.7. The molecule has 2 aromatic carbocycles. The van der Waals surface area contributed by atoms with Crippen LogP contribution in [0.2, 0.25) is 5.02 Å². The highest BCUT2D eigenvalue weighted by Gasteiger charge is 2.08. The van der Waals surface area contributed by atoms with E-state index in [4.69, 9.17) is 11.6 Å². The maximum absolute atomic E-state index is 13.7. The highest BCUT2D eigenvalue weighted by atomic mass is 35.5. The lowest BCUT2D eigenvalue weighted by molar-refractivity contribution is 0.632. The molecule has 3 rings (SSSR count). The Labute approximate surface area is 125 Å². The van der Waals surface area contributed by atoms with Crippen molar-refractivity contribution in [3.63, 3.8) is 0 Å². The molecule has 0 spiro atoms. The second-order valence-corrected chi connectivity index (χ2v) is 4.87. The van der Waals surface area contributed by atoms with Gasteiger partial charge >= 0.3 is 0 Å². The largest absolute Gasteiger partial charge is 0.338 e. The van der Waals surface area contributed by atoms with E-state index in [0.29, 0.717) is 21.9 Å². The molecule has 21 heavy (non-hydrogen) atoms. The normalized spacial score (nSPS) is 10.3. The summed E-state index contributed by atoms with van der Waals surface area (Å²) in [6.07, 6.45) is 0. The number of rotatable bonds is 2. The molecule has 3 aromatic rings. The molecule has 0 atom stereocenters. The third kappa shape index (κ3) is 2.64. The molecule has 0 saturated carbocycles. The van der Waals surface area contributed by atoms with Crippen LogP contribution in [0.4, 0.5) is 15.9 Å². The molecule has 1 N–H and O–H groups in total. The quantitative estimate of drug-likeness (QED) is 0.749. The van der Waals surface area contributed by atoms with Gasteiger partial charge in [0.15, 0.2) is 0 Å². The number of nitrogens with one attached hydrogen (secondary N) is 1. The van der Waals surface area contributed by atoms with E-state index in [1.165, 1.54) is 18.2 Å². The van der Waals surface area contributed by atoms with Gasteiger partial charge < -0.3 is 5.32 Å². The Kier molecular flexibility index (Phi) is 3.43. The summed E-state index contributed by atoms with van der Waals surface area (Å²) >= 11 is 5.86. The molecule has 0 unspecified atom stereocenters. The SMILES string of the molecule is N#Cc1cc(Nc2cc(Cl)ccc2F)nc2ccccc12. The molecule has 0 aliphatic carbocycles. The predicted molar refractivity (Wildman–Crippen MR) is 81.2 cm³/mol. The molecule has 0 amide bonds. The number of hydrogen-bond acceptors (Lipinski definition) is 3. The van der Waals surface area contributed by atoms with Crippen molar-refractivity contribution < 1.29 is 4.39 Å². The standard InChI is InChI=1S/C16H9ClFN3/c17-11-5-6-13(18)15(8-11)21-16-7-10(9-19)12-3-1-2-4-14(12)20-16/h1-8H,(H,20,21). The van der Waals surface area contributed by atoms with E-state index in [9.17, 15) is 9.65 Å². The maximum Gasteiger partial charge on any atom is 0.146 e. The monoisotopic (exact) mass is 297 g/mol. The second kappa shape index (κ2) is 5.39. The van der Waals surface area contributed by atoms with Crippen LogP contribution in [0.25, 0.3) is 10.9 Å². The van der Waals surface area contributed by atoms with Crippen LogP contribution in [0.1, 0.15) is 5.56 Å². The number of nitrogens with zero attached hydrogens (tertiary/aromatic N) is 2. The number of anilines is 2. The first-order valence-corrected chi connectivity index (χ1v) is 6.57. The number of pyridine rings is 1. The predicted octanol–water partition coefficient (Wildman–Crippen LogP) is 4.64. The highest BCUT2D eigenvalue weighted by molar-refractivity contribution is 6.30. The van der Waals surface area contributed by atoms with E-state index in [-0.39, 0.29) is 5.69 Å². The average Bonchev–Trinajstić information content (AvgIpc) is 2.50. The fraction of sp³-hybridized carbons (Fsp3) is 0. The smallest absolute Gasteiger partial charge is 0.146 e. The Hall–Kier alpha value is -2.64. The minimum atomic E-state index is -0.437. The molecule has 102 valence electrons. The first-order chi connectivity index (χ1) is 10.2. The van der Waals surface area contributed by atoms with Gasteiger partial charge in [0.25, 0.3) is 0 Å². The summed E-state index contributed by atoms with van der Waals surface area (Å²) in [5, 5.41) is 13.3. The van der Waals surface area contributed by atoms with E-state index in [2.05, 4.69) is 16.4 Å². The van der Waals surface area contributed by atoms with Crippen LogP contribution in [0, 0.1) is 17.1 Å². The molecular weight excluding hydrogens is 289 g/mol. The fourth-order valence-corrected chi connectivity index (χ4v) is 2.24. The van der Waals surface area contributed by atoms with E-state index < -0.39 is 5.82 Å². The van der Waals surface area contributed by atoms with Gasteiger partial charge in [-0.05, 0) is 30.3 Å². The number of para-hydroxylation sites is 1. The van der Waals surface area contributed by atoms with Crippen molar-refractivity contribution in [3.05, 3.63) is 64.9 Å². The third-order valence-corrected chi connectivity index (χ3v) is 3.26. The number of benzene rings is 2. The van der Waals surface area contributed by atoms with Crippen LogP contribution >= 0.6 is 11.6 Å². The fourth-order valence-electron chi connectivity index (χ4n) is 2.06. The van der Waals surface area contributed by atoms with Crippen molar-refractivity contribution in [2.24, 2.45) is 0 Å². The Balaban J connectivity index is 2.09. The van der Waals surface area contributed by atoms with Crippen LogP contribution in [0.3, 0.4) is 0 Å².